The Bertz CT molecular complexity index is 778. The number of pyridine rings is 2. The summed E-state index contributed by atoms with van der Waals surface area (Å²) in [5.74, 6) is 0.209. The Morgan fingerprint density at radius 2 is 1.95 bits per heavy atom. The Balaban J connectivity index is 1.77. The summed E-state index contributed by atoms with van der Waals surface area (Å²) in [7, 11) is 0. The first kappa shape index (κ1) is 13.1. The van der Waals surface area contributed by atoms with Gasteiger partial charge in [-0.1, -0.05) is 24.3 Å². The van der Waals surface area contributed by atoms with Crippen molar-refractivity contribution in [3.8, 4) is 0 Å². The third kappa shape index (κ3) is 2.81. The number of nitrogens with two attached hydrogens (primary N) is 1. The topological polar surface area (TPSA) is 80.9 Å². The van der Waals surface area contributed by atoms with E-state index >= 15 is 0 Å². The minimum absolute atomic E-state index is 0.185. The van der Waals surface area contributed by atoms with Gasteiger partial charge in [0.15, 0.2) is 0 Å². The number of nitrogens with one attached hydrogen (secondary N) is 1. The van der Waals surface area contributed by atoms with Crippen LogP contribution in [0.4, 0.5) is 5.82 Å². The number of benzene rings is 1. The van der Waals surface area contributed by atoms with Crippen LogP contribution in [0, 0.1) is 0 Å². The number of nitrogens with zero attached hydrogens (tertiary/aromatic N) is 2. The number of hydrogen-bond acceptors (Lipinski definition) is 4. The molecule has 0 aliphatic rings. The van der Waals surface area contributed by atoms with Gasteiger partial charge >= 0.3 is 0 Å². The number of para-hydroxylation sites is 1. The van der Waals surface area contributed by atoms with Crippen molar-refractivity contribution in [2.24, 2.45) is 0 Å². The van der Waals surface area contributed by atoms with Crippen LogP contribution in [-0.4, -0.2) is 15.9 Å². The van der Waals surface area contributed by atoms with Crippen LogP contribution in [0.3, 0.4) is 0 Å². The van der Waals surface area contributed by atoms with Gasteiger partial charge in [-0.3, -0.25) is 9.78 Å². The van der Waals surface area contributed by atoms with Gasteiger partial charge in [-0.2, -0.15) is 0 Å². The maximum absolute atomic E-state index is 12.1. The Morgan fingerprint density at radius 1 is 1.10 bits per heavy atom. The second-order valence-corrected chi connectivity index (χ2v) is 4.65. The number of carbonyl (C=O) groups is 1. The van der Waals surface area contributed by atoms with E-state index in [1.54, 1.807) is 18.3 Å². The Kier molecular flexibility index (Phi) is 3.47. The summed E-state index contributed by atoms with van der Waals surface area (Å²) in [5, 5.41) is 3.92. The van der Waals surface area contributed by atoms with E-state index in [0.717, 1.165) is 16.5 Å². The third-order valence-corrected chi connectivity index (χ3v) is 3.20. The zero-order valence-electron chi connectivity index (χ0n) is 11.3. The normalized spacial score (nSPS) is 10.5. The van der Waals surface area contributed by atoms with Gasteiger partial charge in [0.05, 0.1) is 11.1 Å². The Labute approximate surface area is 121 Å². The molecule has 21 heavy (non-hydrogen) atoms. The van der Waals surface area contributed by atoms with Gasteiger partial charge in [-0.25, -0.2) is 4.98 Å². The fourth-order valence-corrected chi connectivity index (χ4v) is 2.13. The van der Waals surface area contributed by atoms with E-state index in [-0.39, 0.29) is 5.91 Å². The Morgan fingerprint density at radius 3 is 2.76 bits per heavy atom. The highest BCUT2D eigenvalue weighted by atomic mass is 16.1. The van der Waals surface area contributed by atoms with Crippen LogP contribution in [0.1, 0.15) is 15.9 Å². The largest absolute Gasteiger partial charge is 0.384 e. The first-order chi connectivity index (χ1) is 10.2. The van der Waals surface area contributed by atoms with Crippen molar-refractivity contribution in [2.75, 3.05) is 5.73 Å². The van der Waals surface area contributed by atoms with Crippen LogP contribution in [0.5, 0.6) is 0 Å². The minimum Gasteiger partial charge on any atom is -0.384 e. The average molecular weight is 278 g/mol. The first-order valence-corrected chi connectivity index (χ1v) is 6.56. The molecular weight excluding hydrogens is 264 g/mol. The lowest BCUT2D eigenvalue weighted by atomic mass is 10.1. The zero-order valence-corrected chi connectivity index (χ0v) is 11.3. The lowest BCUT2D eigenvalue weighted by Crippen LogP contribution is -2.23. The lowest BCUT2D eigenvalue weighted by Gasteiger charge is -2.07. The predicted octanol–water partition coefficient (Wildman–Crippen LogP) is 2.14. The van der Waals surface area contributed by atoms with E-state index in [1.807, 2.05) is 30.3 Å². The number of anilines is 1. The molecule has 3 rings (SSSR count). The zero-order chi connectivity index (χ0) is 14.7. The molecule has 0 saturated carbocycles. The second kappa shape index (κ2) is 5.58. The molecule has 5 heteroatoms. The monoisotopic (exact) mass is 278 g/mol. The summed E-state index contributed by atoms with van der Waals surface area (Å²) in [5.41, 5.74) is 7.86. The van der Waals surface area contributed by atoms with Crippen LogP contribution in [0.25, 0.3) is 10.9 Å². The van der Waals surface area contributed by atoms with Crippen molar-refractivity contribution in [3.05, 3.63) is 66.0 Å². The highest BCUT2D eigenvalue weighted by Gasteiger charge is 2.07. The lowest BCUT2D eigenvalue weighted by molar-refractivity contribution is 0.0951. The number of rotatable bonds is 3. The molecule has 0 bridgehead atoms. The quantitative estimate of drug-likeness (QED) is 0.769. The summed E-state index contributed by atoms with van der Waals surface area (Å²) in [6, 6.07) is 13.1. The minimum atomic E-state index is -0.185. The summed E-state index contributed by atoms with van der Waals surface area (Å²) >= 11 is 0. The first-order valence-electron chi connectivity index (χ1n) is 6.56. The molecule has 5 nitrogen and oxygen atoms in total. The number of aromatic nitrogens is 2. The van der Waals surface area contributed by atoms with E-state index in [9.17, 15) is 4.79 Å². The molecule has 1 amide bonds. The van der Waals surface area contributed by atoms with Gasteiger partial charge in [-0.05, 0) is 23.8 Å². The van der Waals surface area contributed by atoms with Crippen LogP contribution in [0.15, 0.2) is 54.9 Å². The average Bonchev–Trinajstić information content (AvgIpc) is 2.53. The molecule has 3 N–H and O–H groups in total. The van der Waals surface area contributed by atoms with E-state index in [4.69, 9.17) is 5.73 Å². The standard InChI is InChI=1S/C16H14N4O/c17-14-7-6-13(10-19-14)16(21)20-9-12-4-1-3-11-5-2-8-18-15(11)12/h1-8,10H,9H2,(H2,17,19)(H,20,21). The summed E-state index contributed by atoms with van der Waals surface area (Å²) in [4.78, 5) is 20.3. The molecule has 0 spiro atoms. The van der Waals surface area contributed by atoms with Crippen LogP contribution in [-0.2, 0) is 6.54 Å². The van der Waals surface area contributed by atoms with Crippen LogP contribution >= 0.6 is 0 Å². The molecular formula is C16H14N4O. The van der Waals surface area contributed by atoms with Gasteiger partial charge in [0, 0.05) is 24.3 Å². The molecule has 104 valence electrons. The highest BCUT2D eigenvalue weighted by molar-refractivity contribution is 5.94. The molecule has 0 fully saturated rings. The van der Waals surface area contributed by atoms with Crippen LogP contribution in [0.2, 0.25) is 0 Å². The molecule has 2 aromatic heterocycles. The maximum atomic E-state index is 12.1. The molecule has 0 aliphatic carbocycles. The number of hydrogen-bond donors (Lipinski definition) is 2. The van der Waals surface area contributed by atoms with E-state index in [0.29, 0.717) is 17.9 Å². The Hall–Kier alpha value is -2.95. The second-order valence-electron chi connectivity index (χ2n) is 4.65. The van der Waals surface area contributed by atoms with Crippen molar-refractivity contribution >= 4 is 22.6 Å². The number of amides is 1. The van der Waals surface area contributed by atoms with Crippen molar-refractivity contribution in [3.63, 3.8) is 0 Å². The van der Waals surface area contributed by atoms with Crippen LogP contribution < -0.4 is 11.1 Å². The van der Waals surface area contributed by atoms with Gasteiger partial charge < -0.3 is 11.1 Å². The molecule has 0 saturated heterocycles. The van der Waals surface area contributed by atoms with Gasteiger partial charge in [0.2, 0.25) is 0 Å². The van der Waals surface area contributed by atoms with Gasteiger partial charge in [-0.15, -0.1) is 0 Å². The smallest absolute Gasteiger partial charge is 0.253 e. The fourth-order valence-electron chi connectivity index (χ4n) is 2.13. The molecule has 3 aromatic rings. The number of nitrogen functional groups attached to an aromatic ring is 1. The van der Waals surface area contributed by atoms with Crippen molar-refractivity contribution < 1.29 is 4.79 Å². The summed E-state index contributed by atoms with van der Waals surface area (Å²) in [6.07, 6.45) is 3.21. The molecule has 0 atom stereocenters. The third-order valence-electron chi connectivity index (χ3n) is 3.20. The molecule has 0 aliphatic heterocycles. The van der Waals surface area contributed by atoms with Crippen molar-refractivity contribution in [1.82, 2.24) is 15.3 Å². The molecule has 2 heterocycles. The molecule has 1 aromatic carbocycles. The fraction of sp³-hybridized carbons (Fsp3) is 0.0625. The van der Waals surface area contributed by atoms with Crippen molar-refractivity contribution in [2.45, 2.75) is 6.54 Å². The highest BCUT2D eigenvalue weighted by Crippen LogP contribution is 2.15. The number of carbonyl (C=O) groups excluding carboxylic acids is 1. The van der Waals surface area contributed by atoms with Gasteiger partial charge in [0.25, 0.3) is 5.91 Å². The summed E-state index contributed by atoms with van der Waals surface area (Å²) in [6.45, 7) is 0.414. The molecule has 0 unspecified atom stereocenters. The van der Waals surface area contributed by atoms with Gasteiger partial charge in [0.1, 0.15) is 5.82 Å². The predicted molar refractivity (Wildman–Crippen MR) is 81.6 cm³/mol. The van der Waals surface area contributed by atoms with E-state index < -0.39 is 0 Å². The molecule has 0 radical (unpaired) electrons. The van der Waals surface area contributed by atoms with Crippen molar-refractivity contribution in [1.29, 1.82) is 0 Å². The maximum Gasteiger partial charge on any atom is 0.253 e. The van der Waals surface area contributed by atoms with E-state index in [2.05, 4.69) is 15.3 Å². The summed E-state index contributed by atoms with van der Waals surface area (Å²) < 4.78 is 0. The SMILES string of the molecule is Nc1ccc(C(=O)NCc2cccc3cccnc23)cn1. The number of fused-ring (bicyclic) bond motifs is 1. The van der Waals surface area contributed by atoms with E-state index in [1.165, 1.54) is 6.20 Å².